The normalized spacial score (nSPS) is 16.8. The van der Waals surface area contributed by atoms with Crippen LogP contribution in [0.3, 0.4) is 0 Å². The average Bonchev–Trinajstić information content (AvgIpc) is 3.39. The van der Waals surface area contributed by atoms with Crippen LogP contribution >= 0.6 is 0 Å². The molecule has 3 aromatic heterocycles. The molecule has 1 fully saturated rings. The minimum atomic E-state index is -0.112. The molecule has 154 valence electrons. The zero-order valence-corrected chi connectivity index (χ0v) is 17.3. The molecule has 4 heterocycles. The number of hydrogen-bond acceptors (Lipinski definition) is 4. The molecule has 8 nitrogen and oxygen atoms in total. The van der Waals surface area contributed by atoms with E-state index in [1.54, 1.807) is 6.07 Å². The van der Waals surface area contributed by atoms with E-state index in [-0.39, 0.29) is 17.5 Å². The average molecular weight is 396 g/mol. The molecule has 1 unspecified atom stereocenters. The number of amides is 1. The van der Waals surface area contributed by atoms with Crippen molar-refractivity contribution < 1.29 is 4.79 Å². The maximum atomic E-state index is 12.9. The summed E-state index contributed by atoms with van der Waals surface area (Å²) in [7, 11) is 0. The van der Waals surface area contributed by atoms with E-state index < -0.39 is 0 Å². The van der Waals surface area contributed by atoms with Crippen molar-refractivity contribution in [2.45, 2.75) is 65.5 Å². The van der Waals surface area contributed by atoms with Gasteiger partial charge in [0.05, 0.1) is 17.4 Å². The number of H-pyrrole nitrogens is 1. The lowest BCUT2D eigenvalue weighted by molar-refractivity contribution is -0.132. The molecule has 1 atom stereocenters. The van der Waals surface area contributed by atoms with Gasteiger partial charge in [-0.3, -0.25) is 19.4 Å². The molecule has 0 saturated carbocycles. The highest BCUT2D eigenvalue weighted by molar-refractivity contribution is 5.77. The van der Waals surface area contributed by atoms with Crippen LogP contribution in [0.2, 0.25) is 0 Å². The minimum Gasteiger partial charge on any atom is -0.334 e. The van der Waals surface area contributed by atoms with Gasteiger partial charge in [0.1, 0.15) is 0 Å². The summed E-state index contributed by atoms with van der Waals surface area (Å²) in [5.74, 6) is 0.155. The van der Waals surface area contributed by atoms with Gasteiger partial charge in [0.25, 0.3) is 5.56 Å². The zero-order chi connectivity index (χ0) is 20.5. The zero-order valence-electron chi connectivity index (χ0n) is 17.3. The van der Waals surface area contributed by atoms with E-state index in [1.807, 2.05) is 42.5 Å². The summed E-state index contributed by atoms with van der Waals surface area (Å²) in [5.41, 5.74) is 4.29. The molecule has 1 aliphatic heterocycles. The van der Waals surface area contributed by atoms with Crippen LogP contribution in [0.1, 0.15) is 61.4 Å². The van der Waals surface area contributed by atoms with Gasteiger partial charge in [0.2, 0.25) is 5.91 Å². The molecule has 0 aliphatic carbocycles. The Hall–Kier alpha value is -2.90. The molecule has 1 N–H and O–H groups in total. The molecule has 1 aliphatic rings. The molecular formula is C21H28N6O2. The van der Waals surface area contributed by atoms with Gasteiger partial charge >= 0.3 is 0 Å². The van der Waals surface area contributed by atoms with Crippen LogP contribution in [0.15, 0.2) is 23.0 Å². The molecule has 0 radical (unpaired) electrons. The lowest BCUT2D eigenvalue weighted by atomic mass is 10.1. The first-order chi connectivity index (χ1) is 14.0. The van der Waals surface area contributed by atoms with Gasteiger partial charge in [0, 0.05) is 43.0 Å². The number of nitrogens with zero attached hydrogens (tertiary/aromatic N) is 5. The summed E-state index contributed by atoms with van der Waals surface area (Å²) in [6.45, 7) is 7.49. The summed E-state index contributed by atoms with van der Waals surface area (Å²) >= 11 is 0. The summed E-state index contributed by atoms with van der Waals surface area (Å²) in [6.07, 6.45) is 3.83. The van der Waals surface area contributed by atoms with Gasteiger partial charge in [-0.2, -0.15) is 5.10 Å². The van der Waals surface area contributed by atoms with Crippen molar-refractivity contribution in [1.82, 2.24) is 29.3 Å². The molecule has 1 amide bonds. The number of likely N-dealkylation sites (tertiary alicyclic amines) is 1. The smallest absolute Gasteiger partial charge is 0.272 e. The predicted molar refractivity (Wildman–Crippen MR) is 110 cm³/mol. The molecule has 4 rings (SSSR count). The SMILES string of the molecule is CCc1cc(=O)n2[nH]c(C3CCCN3C(=O)CCCn3nc(C)cc3C)cc2n1. The van der Waals surface area contributed by atoms with Crippen LogP contribution in [-0.2, 0) is 17.8 Å². The minimum absolute atomic E-state index is 0.0256. The molecule has 3 aromatic rings. The van der Waals surface area contributed by atoms with Gasteiger partial charge in [-0.15, -0.1) is 0 Å². The fourth-order valence-electron chi connectivity index (χ4n) is 4.22. The summed E-state index contributed by atoms with van der Waals surface area (Å²) in [4.78, 5) is 31.7. The van der Waals surface area contributed by atoms with Crippen molar-refractivity contribution in [2.75, 3.05) is 6.54 Å². The fraction of sp³-hybridized carbons (Fsp3) is 0.524. The van der Waals surface area contributed by atoms with Gasteiger partial charge in [-0.05, 0) is 45.6 Å². The highest BCUT2D eigenvalue weighted by Crippen LogP contribution is 2.32. The van der Waals surface area contributed by atoms with Gasteiger partial charge in [0.15, 0.2) is 5.65 Å². The van der Waals surface area contributed by atoms with E-state index in [4.69, 9.17) is 0 Å². The number of aromatic amines is 1. The second-order valence-electron chi connectivity index (χ2n) is 7.84. The van der Waals surface area contributed by atoms with E-state index in [0.29, 0.717) is 12.1 Å². The summed E-state index contributed by atoms with van der Waals surface area (Å²) in [6, 6.07) is 5.49. The van der Waals surface area contributed by atoms with Crippen molar-refractivity contribution >= 4 is 11.6 Å². The molecule has 0 bridgehead atoms. The van der Waals surface area contributed by atoms with Crippen LogP contribution in [0.4, 0.5) is 0 Å². The first kappa shape index (κ1) is 19.4. The number of carbonyl (C=O) groups excluding carboxylic acids is 1. The Labute approximate surface area is 169 Å². The Kier molecular flexibility index (Phi) is 5.25. The number of nitrogens with one attached hydrogen (secondary N) is 1. The third-order valence-corrected chi connectivity index (χ3v) is 5.68. The Bertz CT molecular complexity index is 1090. The molecule has 0 spiro atoms. The lowest BCUT2D eigenvalue weighted by Gasteiger charge is -2.23. The predicted octanol–water partition coefficient (Wildman–Crippen LogP) is 2.54. The second-order valence-corrected chi connectivity index (χ2v) is 7.84. The van der Waals surface area contributed by atoms with Crippen LogP contribution in [0, 0.1) is 13.8 Å². The van der Waals surface area contributed by atoms with Crippen molar-refractivity contribution in [3.05, 3.63) is 51.3 Å². The van der Waals surface area contributed by atoms with Gasteiger partial charge < -0.3 is 4.90 Å². The molecule has 8 heteroatoms. The van der Waals surface area contributed by atoms with E-state index in [9.17, 15) is 9.59 Å². The highest BCUT2D eigenvalue weighted by Gasteiger charge is 2.31. The third kappa shape index (κ3) is 3.83. The Morgan fingerprint density at radius 2 is 2.10 bits per heavy atom. The number of aromatic nitrogens is 5. The number of carbonyl (C=O) groups is 1. The van der Waals surface area contributed by atoms with Gasteiger partial charge in [-0.25, -0.2) is 9.50 Å². The quantitative estimate of drug-likeness (QED) is 0.693. The molecule has 0 aromatic carbocycles. The topological polar surface area (TPSA) is 88.3 Å². The maximum Gasteiger partial charge on any atom is 0.272 e. The molecule has 29 heavy (non-hydrogen) atoms. The molecular weight excluding hydrogens is 368 g/mol. The van der Waals surface area contributed by atoms with Crippen LogP contribution in [0.25, 0.3) is 5.65 Å². The maximum absolute atomic E-state index is 12.9. The van der Waals surface area contributed by atoms with Crippen molar-refractivity contribution in [3.8, 4) is 0 Å². The number of fused-ring (bicyclic) bond motifs is 1. The van der Waals surface area contributed by atoms with E-state index in [2.05, 4.69) is 15.2 Å². The van der Waals surface area contributed by atoms with Crippen molar-refractivity contribution in [1.29, 1.82) is 0 Å². The Morgan fingerprint density at radius 3 is 2.83 bits per heavy atom. The molecule has 1 saturated heterocycles. The fourth-order valence-corrected chi connectivity index (χ4v) is 4.22. The van der Waals surface area contributed by atoms with Gasteiger partial charge in [-0.1, -0.05) is 6.92 Å². The van der Waals surface area contributed by atoms with E-state index in [0.717, 1.165) is 61.5 Å². The standard InChI is InChI=1S/C21H28N6O2/c1-4-16-12-21(29)27-19(22-16)13-17(24-27)18-7-5-9-25(18)20(28)8-6-10-26-15(3)11-14(2)23-26/h11-13,18,24H,4-10H2,1-3H3. The van der Waals surface area contributed by atoms with Crippen LogP contribution in [0.5, 0.6) is 0 Å². The summed E-state index contributed by atoms with van der Waals surface area (Å²) in [5, 5.41) is 7.63. The largest absolute Gasteiger partial charge is 0.334 e. The monoisotopic (exact) mass is 396 g/mol. The van der Waals surface area contributed by atoms with E-state index in [1.165, 1.54) is 4.52 Å². The number of rotatable bonds is 6. The second kappa shape index (κ2) is 7.85. The van der Waals surface area contributed by atoms with Crippen LogP contribution < -0.4 is 5.56 Å². The Balaban J connectivity index is 1.46. The number of hydrogen-bond donors (Lipinski definition) is 1. The first-order valence-electron chi connectivity index (χ1n) is 10.4. The van der Waals surface area contributed by atoms with Crippen LogP contribution in [-0.4, -0.2) is 41.7 Å². The van der Waals surface area contributed by atoms with E-state index >= 15 is 0 Å². The third-order valence-electron chi connectivity index (χ3n) is 5.68. The lowest BCUT2D eigenvalue weighted by Crippen LogP contribution is -2.31. The Morgan fingerprint density at radius 1 is 1.28 bits per heavy atom. The number of aryl methyl sites for hydroxylation is 4. The van der Waals surface area contributed by atoms with Crippen molar-refractivity contribution in [2.24, 2.45) is 0 Å². The summed E-state index contributed by atoms with van der Waals surface area (Å²) < 4.78 is 3.43. The van der Waals surface area contributed by atoms with Crippen molar-refractivity contribution in [3.63, 3.8) is 0 Å². The highest BCUT2D eigenvalue weighted by atomic mass is 16.2. The first-order valence-corrected chi connectivity index (χ1v) is 10.4.